The van der Waals surface area contributed by atoms with Crippen molar-refractivity contribution in [1.29, 1.82) is 0 Å². The van der Waals surface area contributed by atoms with Crippen LogP contribution in [0.25, 0.3) is 0 Å². The van der Waals surface area contributed by atoms with Gasteiger partial charge in [-0.25, -0.2) is 14.0 Å². The van der Waals surface area contributed by atoms with Crippen molar-refractivity contribution in [3.8, 4) is 0 Å². The van der Waals surface area contributed by atoms with E-state index in [9.17, 15) is 30.9 Å². The predicted molar refractivity (Wildman–Crippen MR) is 50.7 cm³/mol. The van der Waals surface area contributed by atoms with E-state index < -0.39 is 33.1 Å². The fraction of sp³-hybridized carbons (Fsp3) is 0.333. The minimum atomic E-state index is -6.36. The molecule has 1 aromatic rings. The Bertz CT molecular complexity index is 477. The second-order valence-electron chi connectivity index (χ2n) is 3.65. The molecule has 0 atom stereocenters. The van der Waals surface area contributed by atoms with Gasteiger partial charge in [-0.05, 0) is 17.7 Å². The molecule has 1 aromatic carbocycles. The first-order chi connectivity index (χ1) is 7.45. The number of halogens is 4. The first kappa shape index (κ1) is 14.1. The molecule has 0 radical (unpaired) electrons. The lowest BCUT2D eigenvalue weighted by Gasteiger charge is -2.55. The third-order valence-corrected chi connectivity index (χ3v) is 3.55. The number of alkyl halides is 3. The maximum atomic E-state index is 12.7. The zero-order valence-electron chi connectivity index (χ0n) is 8.37. The monoisotopic (exact) mass is 272 g/mol. The first-order valence-electron chi connectivity index (χ1n) is 4.36. The van der Waals surface area contributed by atoms with Gasteiger partial charge in [-0.15, -0.1) is 0 Å². The normalized spacial score (nSPS) is 15.3. The molecular weight excluding hydrogens is 264 g/mol. The third kappa shape index (κ3) is 5.24. The van der Waals surface area contributed by atoms with Crippen LogP contribution in [-0.4, -0.2) is 25.2 Å². The van der Waals surface area contributed by atoms with E-state index in [-0.39, 0.29) is 5.56 Å². The Morgan fingerprint density at radius 3 is 2.29 bits per heavy atom. The number of hydrogen-bond donors (Lipinski definition) is 0. The highest BCUT2D eigenvalue weighted by molar-refractivity contribution is 8.09. The minimum Gasteiger partial charge on any atom is -0.798 e. The molecule has 0 N–H and O–H groups in total. The van der Waals surface area contributed by atoms with E-state index in [1.165, 1.54) is 0 Å². The molecule has 0 aliphatic heterocycles. The molecule has 8 heteroatoms. The Kier molecular flexibility index (Phi) is 3.34. The number of sulfone groups is 3. The molecule has 1 rings (SSSR count). The van der Waals surface area contributed by atoms with Crippen LogP contribution in [0, 0.1) is 5.82 Å². The van der Waals surface area contributed by atoms with Crippen LogP contribution in [0.5, 0.6) is 0 Å². The summed E-state index contributed by atoms with van der Waals surface area (Å²) < 4.78 is 81.9. The first-order valence-corrected chi connectivity index (χ1v) is 6.52. The molecular formula is C9H8F4O3S-2. The summed E-state index contributed by atoms with van der Waals surface area (Å²) in [6.45, 7) is 0. The van der Waals surface area contributed by atoms with E-state index >= 15 is 0 Å². The maximum Gasteiger partial charge on any atom is 0.396 e. The molecule has 0 unspecified atom stereocenters. The Morgan fingerprint density at radius 2 is 1.82 bits per heavy atom. The summed E-state index contributed by atoms with van der Waals surface area (Å²) in [6, 6.07) is 3.88. The molecule has 0 aliphatic carbocycles. The highest BCUT2D eigenvalue weighted by Crippen LogP contribution is 2.30. The molecule has 3 nitrogen and oxygen atoms in total. The molecule has 0 saturated carbocycles. The van der Waals surface area contributed by atoms with Crippen molar-refractivity contribution in [2.75, 3.05) is 5.75 Å². The quantitative estimate of drug-likeness (QED) is 0.790. The molecule has 0 fully saturated rings. The van der Waals surface area contributed by atoms with Crippen molar-refractivity contribution >= 4 is 9.63 Å². The van der Waals surface area contributed by atoms with Crippen molar-refractivity contribution in [3.05, 3.63) is 35.6 Å². The highest BCUT2D eigenvalue weighted by atomic mass is 32.3. The van der Waals surface area contributed by atoms with Gasteiger partial charge < -0.3 is 13.3 Å². The van der Waals surface area contributed by atoms with Crippen LogP contribution >= 0.6 is 0 Å². The van der Waals surface area contributed by atoms with Gasteiger partial charge in [0.1, 0.15) is 5.82 Å². The zero-order chi connectivity index (χ0) is 13.3. The smallest absolute Gasteiger partial charge is 0.396 e. The average Bonchev–Trinajstić information content (AvgIpc) is 1.94. The van der Waals surface area contributed by atoms with E-state index in [1.807, 2.05) is 0 Å². The largest absolute Gasteiger partial charge is 0.798 e. The third-order valence-electron chi connectivity index (χ3n) is 1.78. The van der Waals surface area contributed by atoms with Crippen LogP contribution < -0.4 is 0 Å². The van der Waals surface area contributed by atoms with Crippen LogP contribution in [-0.2, 0) is 15.4 Å². The van der Waals surface area contributed by atoms with Crippen molar-refractivity contribution < 1.29 is 30.9 Å². The molecule has 0 amide bonds. The van der Waals surface area contributed by atoms with E-state index in [0.29, 0.717) is 6.07 Å². The summed E-state index contributed by atoms with van der Waals surface area (Å²) in [5.41, 5.74) is -0.309. The molecule has 0 aliphatic rings. The van der Waals surface area contributed by atoms with Crippen molar-refractivity contribution in [3.63, 3.8) is 0 Å². The standard InChI is InChI=1S/C9H10F4O3S/c10-8-3-1-2-7(4-8)5-17(14,15,16)6-9(11,12)13/h1-4H,5-6H2,(H2,14,15,16)/p-2. The van der Waals surface area contributed by atoms with Gasteiger partial charge in [0, 0.05) is 5.75 Å². The Morgan fingerprint density at radius 1 is 1.24 bits per heavy atom. The molecule has 0 saturated heterocycles. The van der Waals surface area contributed by atoms with E-state index in [0.717, 1.165) is 18.2 Å². The van der Waals surface area contributed by atoms with Crippen LogP contribution in [0.2, 0.25) is 0 Å². The summed E-state index contributed by atoms with van der Waals surface area (Å²) >= 11 is 0. The fourth-order valence-corrected chi connectivity index (χ4v) is 2.87. The molecule has 0 spiro atoms. The summed E-state index contributed by atoms with van der Waals surface area (Å²) in [5.74, 6) is -4.66. The lowest BCUT2D eigenvalue weighted by atomic mass is 10.2. The SMILES string of the molecule is O=S([O-])([O-])(Cc1cccc(F)c1)CC(F)(F)F. The maximum absolute atomic E-state index is 12.7. The topological polar surface area (TPSA) is 63.2 Å². The van der Waals surface area contributed by atoms with Gasteiger partial charge in [0.15, 0.2) is 0 Å². The average molecular weight is 272 g/mol. The zero-order valence-corrected chi connectivity index (χ0v) is 9.18. The van der Waals surface area contributed by atoms with Gasteiger partial charge in [0.2, 0.25) is 0 Å². The Balaban J connectivity index is 2.96. The Labute approximate surface area is 94.5 Å². The van der Waals surface area contributed by atoms with E-state index in [1.54, 1.807) is 0 Å². The number of hydrogen-bond acceptors (Lipinski definition) is 3. The van der Waals surface area contributed by atoms with Crippen LogP contribution in [0.4, 0.5) is 17.6 Å². The lowest BCUT2D eigenvalue weighted by molar-refractivity contribution is -0.109. The summed E-state index contributed by atoms with van der Waals surface area (Å²) in [7, 11) is -6.36. The minimum absolute atomic E-state index is 0.309. The van der Waals surface area contributed by atoms with Gasteiger partial charge in [0.25, 0.3) is 0 Å². The van der Waals surface area contributed by atoms with Gasteiger partial charge in [-0.3, -0.25) is 0 Å². The number of benzene rings is 1. The van der Waals surface area contributed by atoms with Crippen LogP contribution in [0.1, 0.15) is 5.56 Å². The second-order valence-corrected chi connectivity index (χ2v) is 6.46. The van der Waals surface area contributed by atoms with Gasteiger partial charge in [-0.2, -0.15) is 13.2 Å². The summed E-state index contributed by atoms with van der Waals surface area (Å²) in [4.78, 5) is 0. The van der Waals surface area contributed by atoms with Crippen LogP contribution in [0.3, 0.4) is 0 Å². The lowest BCUT2D eigenvalue weighted by Crippen LogP contribution is -2.44. The van der Waals surface area contributed by atoms with Crippen molar-refractivity contribution in [2.24, 2.45) is 0 Å². The predicted octanol–water partition coefficient (Wildman–Crippen LogP) is 1.97. The Hall–Kier alpha value is -0.990. The summed E-state index contributed by atoms with van der Waals surface area (Å²) in [6.07, 6.45) is -5.11. The molecule has 0 bridgehead atoms. The van der Waals surface area contributed by atoms with Gasteiger partial charge in [0.05, 0.1) is 5.75 Å². The second kappa shape index (κ2) is 4.04. The van der Waals surface area contributed by atoms with E-state index in [4.69, 9.17) is 0 Å². The highest BCUT2D eigenvalue weighted by Gasteiger charge is 2.33. The van der Waals surface area contributed by atoms with Gasteiger partial charge in [-0.1, -0.05) is 12.1 Å². The molecule has 0 heterocycles. The number of rotatable bonds is 3. The molecule has 0 aromatic heterocycles. The summed E-state index contributed by atoms with van der Waals surface area (Å²) in [5, 5.41) is 0. The van der Waals surface area contributed by atoms with Gasteiger partial charge >= 0.3 is 6.18 Å². The van der Waals surface area contributed by atoms with Crippen molar-refractivity contribution in [1.82, 2.24) is 0 Å². The fourth-order valence-electron chi connectivity index (χ4n) is 1.32. The molecule has 17 heavy (non-hydrogen) atoms. The van der Waals surface area contributed by atoms with Crippen molar-refractivity contribution in [2.45, 2.75) is 11.9 Å². The van der Waals surface area contributed by atoms with E-state index in [2.05, 4.69) is 0 Å². The van der Waals surface area contributed by atoms with Crippen LogP contribution in [0.15, 0.2) is 24.3 Å². The molecule has 98 valence electrons.